The molecule has 1 unspecified atom stereocenters. The first-order chi connectivity index (χ1) is 13.6. The molecule has 28 heavy (non-hydrogen) atoms. The Balaban J connectivity index is 3.99. The van der Waals surface area contributed by atoms with Crippen LogP contribution >= 0.6 is 0 Å². The van der Waals surface area contributed by atoms with Crippen LogP contribution in [0, 0.1) is 5.92 Å². The minimum absolute atomic E-state index is 0.109. The number of unbranched alkanes of at least 4 members (excludes halogenated alkanes) is 12. The molecule has 4 heteroatoms. The van der Waals surface area contributed by atoms with E-state index in [4.69, 9.17) is 9.84 Å². The number of carbonyl (C=O) groups excluding carboxylic acids is 1. The van der Waals surface area contributed by atoms with Gasteiger partial charge in [0.1, 0.15) is 0 Å². The fourth-order valence-electron chi connectivity index (χ4n) is 3.58. The average Bonchev–Trinajstić information content (AvgIpc) is 2.67. The molecular weight excluding hydrogens is 352 g/mol. The van der Waals surface area contributed by atoms with Crippen molar-refractivity contribution < 1.29 is 19.4 Å². The molecule has 0 radical (unpaired) electrons. The molecule has 1 N–H and O–H groups in total. The van der Waals surface area contributed by atoms with Gasteiger partial charge in [0.15, 0.2) is 0 Å². The van der Waals surface area contributed by atoms with Crippen LogP contribution in [0.2, 0.25) is 0 Å². The monoisotopic (exact) mass is 398 g/mol. The number of carboxylic acid groups (broad SMARTS) is 1. The Hall–Kier alpha value is -1.06. The Kier molecular flexibility index (Phi) is 19.9. The van der Waals surface area contributed by atoms with E-state index in [0.29, 0.717) is 19.4 Å². The third-order valence-electron chi connectivity index (χ3n) is 5.42. The highest BCUT2D eigenvalue weighted by molar-refractivity contribution is 5.72. The van der Waals surface area contributed by atoms with Crippen molar-refractivity contribution in [3.63, 3.8) is 0 Å². The number of hydrogen-bond acceptors (Lipinski definition) is 3. The molecule has 0 aromatic heterocycles. The quantitative estimate of drug-likeness (QED) is 0.163. The maximum Gasteiger partial charge on any atom is 0.308 e. The van der Waals surface area contributed by atoms with E-state index in [1.807, 2.05) is 0 Å². The molecule has 1 atom stereocenters. The number of esters is 1. The van der Waals surface area contributed by atoms with Crippen molar-refractivity contribution in [1.82, 2.24) is 0 Å². The molecule has 0 fully saturated rings. The number of rotatable bonds is 21. The second-order valence-electron chi connectivity index (χ2n) is 8.18. The van der Waals surface area contributed by atoms with Crippen LogP contribution in [0.5, 0.6) is 0 Å². The summed E-state index contributed by atoms with van der Waals surface area (Å²) in [5, 5.41) is 8.85. The van der Waals surface area contributed by atoms with E-state index in [9.17, 15) is 9.59 Å². The summed E-state index contributed by atoms with van der Waals surface area (Å²) in [5.74, 6) is -1.02. The van der Waals surface area contributed by atoms with E-state index in [2.05, 4.69) is 13.8 Å². The zero-order valence-electron chi connectivity index (χ0n) is 18.7. The van der Waals surface area contributed by atoms with Crippen molar-refractivity contribution in [3.05, 3.63) is 0 Å². The van der Waals surface area contributed by atoms with E-state index < -0.39 is 5.97 Å². The molecule has 0 saturated heterocycles. The molecule has 0 aliphatic carbocycles. The van der Waals surface area contributed by atoms with Gasteiger partial charge in [-0.15, -0.1) is 0 Å². The lowest BCUT2D eigenvalue weighted by atomic mass is 9.95. The molecule has 166 valence electrons. The average molecular weight is 399 g/mol. The summed E-state index contributed by atoms with van der Waals surface area (Å²) in [5.41, 5.74) is 0. The maximum atomic E-state index is 12.4. The van der Waals surface area contributed by atoms with Gasteiger partial charge in [-0.25, -0.2) is 0 Å². The van der Waals surface area contributed by atoms with Crippen LogP contribution in [0.1, 0.15) is 129 Å². The molecule has 4 nitrogen and oxygen atoms in total. The molecule has 0 rings (SSSR count). The van der Waals surface area contributed by atoms with Crippen molar-refractivity contribution in [2.24, 2.45) is 5.92 Å². The molecule has 0 bridgehead atoms. The predicted molar refractivity (Wildman–Crippen MR) is 117 cm³/mol. The summed E-state index contributed by atoms with van der Waals surface area (Å²) < 4.78 is 5.50. The summed E-state index contributed by atoms with van der Waals surface area (Å²) in [6.07, 6.45) is 19.2. The summed E-state index contributed by atoms with van der Waals surface area (Å²) in [7, 11) is 0. The lowest BCUT2D eigenvalue weighted by Gasteiger charge is -2.16. The van der Waals surface area contributed by atoms with Crippen LogP contribution in [0.15, 0.2) is 0 Å². The number of ether oxygens (including phenoxy) is 1. The maximum absolute atomic E-state index is 12.4. The molecule has 0 aliphatic rings. The fraction of sp³-hybridized carbons (Fsp3) is 0.917. The lowest BCUT2D eigenvalue weighted by Crippen LogP contribution is -2.19. The Morgan fingerprint density at radius 2 is 1.14 bits per heavy atom. The smallest absolute Gasteiger partial charge is 0.308 e. The van der Waals surface area contributed by atoms with E-state index >= 15 is 0 Å². The first-order valence-electron chi connectivity index (χ1n) is 12.0. The zero-order chi connectivity index (χ0) is 20.9. The van der Waals surface area contributed by atoms with Crippen molar-refractivity contribution in [3.8, 4) is 0 Å². The SMILES string of the molecule is CCCCCCCCCCC(CCCC(=O)O)C(=O)OCCCCCCCC. The third kappa shape index (κ3) is 18.3. The molecule has 0 aromatic rings. The van der Waals surface area contributed by atoms with Gasteiger partial charge in [0.05, 0.1) is 12.5 Å². The van der Waals surface area contributed by atoms with Crippen molar-refractivity contribution in [1.29, 1.82) is 0 Å². The number of aliphatic carboxylic acids is 1. The second kappa shape index (κ2) is 20.7. The van der Waals surface area contributed by atoms with Gasteiger partial charge in [0.25, 0.3) is 0 Å². The number of carboxylic acids is 1. The molecule has 0 aromatic carbocycles. The van der Waals surface area contributed by atoms with Crippen molar-refractivity contribution in [2.45, 2.75) is 129 Å². The molecular formula is C24H46O4. The van der Waals surface area contributed by atoms with Gasteiger partial charge >= 0.3 is 11.9 Å². The van der Waals surface area contributed by atoms with Crippen molar-refractivity contribution >= 4 is 11.9 Å². The number of carbonyl (C=O) groups is 2. The fourth-order valence-corrected chi connectivity index (χ4v) is 3.58. The standard InChI is InChI=1S/C24H46O4/c1-3-5-7-9-11-12-13-15-18-22(19-17-20-23(25)26)24(27)28-21-16-14-10-8-6-4-2/h22H,3-21H2,1-2H3,(H,25,26). The molecule has 0 amide bonds. The normalized spacial score (nSPS) is 12.1. The van der Waals surface area contributed by atoms with Gasteiger partial charge in [-0.2, -0.15) is 0 Å². The molecule has 0 aliphatic heterocycles. The van der Waals surface area contributed by atoms with E-state index in [1.54, 1.807) is 0 Å². The van der Waals surface area contributed by atoms with Crippen LogP contribution in [0.4, 0.5) is 0 Å². The number of hydrogen-bond donors (Lipinski definition) is 1. The summed E-state index contributed by atoms with van der Waals surface area (Å²) >= 11 is 0. The Morgan fingerprint density at radius 3 is 1.68 bits per heavy atom. The minimum atomic E-state index is -0.786. The van der Waals surface area contributed by atoms with Crippen LogP contribution in [0.25, 0.3) is 0 Å². The van der Waals surface area contributed by atoms with Gasteiger partial charge in [0, 0.05) is 6.42 Å². The summed E-state index contributed by atoms with van der Waals surface area (Å²) in [6, 6.07) is 0. The van der Waals surface area contributed by atoms with Crippen LogP contribution in [0.3, 0.4) is 0 Å². The largest absolute Gasteiger partial charge is 0.481 e. The van der Waals surface area contributed by atoms with Crippen LogP contribution in [-0.4, -0.2) is 23.7 Å². The van der Waals surface area contributed by atoms with Gasteiger partial charge in [-0.1, -0.05) is 97.3 Å². The first kappa shape index (κ1) is 26.9. The highest BCUT2D eigenvalue weighted by Crippen LogP contribution is 2.20. The lowest BCUT2D eigenvalue weighted by molar-refractivity contribution is -0.149. The predicted octanol–water partition coefficient (Wildman–Crippen LogP) is 7.29. The molecule has 0 heterocycles. The third-order valence-corrected chi connectivity index (χ3v) is 5.42. The topological polar surface area (TPSA) is 63.6 Å². The Labute approximate surface area is 173 Å². The molecule has 0 spiro atoms. The summed E-state index contributed by atoms with van der Waals surface area (Å²) in [4.78, 5) is 23.2. The highest BCUT2D eigenvalue weighted by Gasteiger charge is 2.19. The van der Waals surface area contributed by atoms with E-state index in [1.165, 1.54) is 64.2 Å². The minimum Gasteiger partial charge on any atom is -0.481 e. The summed E-state index contributed by atoms with van der Waals surface area (Å²) in [6.45, 7) is 4.95. The first-order valence-corrected chi connectivity index (χ1v) is 12.0. The molecule has 0 saturated carbocycles. The Bertz CT molecular complexity index is 368. The zero-order valence-corrected chi connectivity index (χ0v) is 18.7. The van der Waals surface area contributed by atoms with Crippen molar-refractivity contribution in [2.75, 3.05) is 6.61 Å². The van der Waals surface area contributed by atoms with E-state index in [0.717, 1.165) is 32.1 Å². The van der Waals surface area contributed by atoms with E-state index in [-0.39, 0.29) is 18.3 Å². The van der Waals surface area contributed by atoms with Crippen LogP contribution in [-0.2, 0) is 14.3 Å². The highest BCUT2D eigenvalue weighted by atomic mass is 16.5. The van der Waals surface area contributed by atoms with Gasteiger partial charge in [-0.3, -0.25) is 9.59 Å². The van der Waals surface area contributed by atoms with Gasteiger partial charge in [-0.05, 0) is 25.7 Å². The second-order valence-corrected chi connectivity index (χ2v) is 8.18. The van der Waals surface area contributed by atoms with Crippen LogP contribution < -0.4 is 0 Å². The van der Waals surface area contributed by atoms with Gasteiger partial charge in [0.2, 0.25) is 0 Å². The Morgan fingerprint density at radius 1 is 0.679 bits per heavy atom. The van der Waals surface area contributed by atoms with Gasteiger partial charge < -0.3 is 9.84 Å².